The molecule has 33 heavy (non-hydrogen) atoms. The third kappa shape index (κ3) is 10.7. The summed E-state index contributed by atoms with van der Waals surface area (Å²) in [5.41, 5.74) is -2.05. The van der Waals surface area contributed by atoms with Gasteiger partial charge in [0.2, 0.25) is 0 Å². The summed E-state index contributed by atoms with van der Waals surface area (Å²) in [5.74, 6) is -0.169. The van der Waals surface area contributed by atoms with E-state index in [1.165, 1.54) is 6.07 Å². The van der Waals surface area contributed by atoms with Gasteiger partial charge in [-0.05, 0) is 64.2 Å². The van der Waals surface area contributed by atoms with Gasteiger partial charge < -0.3 is 19.9 Å². The van der Waals surface area contributed by atoms with E-state index in [9.17, 15) is 23.1 Å². The first kappa shape index (κ1) is 29.1. The van der Waals surface area contributed by atoms with E-state index in [1.54, 1.807) is 33.8 Å². The van der Waals surface area contributed by atoms with Crippen molar-refractivity contribution >= 4 is 6.09 Å². The molecule has 2 N–H and O–H groups in total. The molecule has 0 fully saturated rings. The quantitative estimate of drug-likeness (QED) is 0.313. The molecule has 1 amide bonds. The number of hydrogen-bond donors (Lipinski definition) is 2. The standard InChI is InChI=1S/C25H40F3NO4/c1-6-8-9-10-11-16-32-21-13-12-19(17-20(21)25(26,27)28)14-15-24(7-2,18-30)29-22(31)33-23(3,4)5/h12-13,17,30H,6-11,14-16,18H2,1-5H3,(H,29,31). The number of rotatable bonds is 13. The summed E-state index contributed by atoms with van der Waals surface area (Å²) < 4.78 is 51.7. The summed E-state index contributed by atoms with van der Waals surface area (Å²) >= 11 is 0. The zero-order chi connectivity index (χ0) is 25.1. The molecule has 1 aromatic rings. The molecule has 8 heteroatoms. The minimum atomic E-state index is -4.54. The highest BCUT2D eigenvalue weighted by atomic mass is 19.4. The van der Waals surface area contributed by atoms with Crippen LogP contribution in [0, 0.1) is 0 Å². The van der Waals surface area contributed by atoms with Gasteiger partial charge >= 0.3 is 12.3 Å². The molecular weight excluding hydrogens is 435 g/mol. The van der Waals surface area contributed by atoms with E-state index in [4.69, 9.17) is 9.47 Å². The zero-order valence-electron chi connectivity index (χ0n) is 20.6. The summed E-state index contributed by atoms with van der Waals surface area (Å²) in [7, 11) is 0. The summed E-state index contributed by atoms with van der Waals surface area (Å²) in [4.78, 5) is 12.2. The maximum atomic E-state index is 13.6. The molecule has 190 valence electrons. The molecule has 0 saturated heterocycles. The number of carbonyl (C=O) groups is 1. The van der Waals surface area contributed by atoms with Gasteiger partial charge in [-0.1, -0.05) is 45.6 Å². The van der Waals surface area contributed by atoms with E-state index >= 15 is 0 Å². The molecular formula is C25H40F3NO4. The van der Waals surface area contributed by atoms with Gasteiger partial charge in [0.25, 0.3) is 0 Å². The maximum absolute atomic E-state index is 13.6. The Morgan fingerprint density at radius 1 is 1.06 bits per heavy atom. The first-order valence-corrected chi connectivity index (χ1v) is 11.8. The number of hydrogen-bond acceptors (Lipinski definition) is 4. The molecule has 0 saturated carbocycles. The molecule has 0 radical (unpaired) electrons. The van der Waals surface area contributed by atoms with Crippen LogP contribution in [0.15, 0.2) is 18.2 Å². The second-order valence-electron chi connectivity index (χ2n) is 9.51. The van der Waals surface area contributed by atoms with E-state index in [2.05, 4.69) is 12.2 Å². The Morgan fingerprint density at radius 2 is 1.73 bits per heavy atom. The Bertz CT molecular complexity index is 725. The second-order valence-corrected chi connectivity index (χ2v) is 9.51. The fourth-order valence-corrected chi connectivity index (χ4v) is 3.43. The minimum Gasteiger partial charge on any atom is -0.493 e. The van der Waals surface area contributed by atoms with E-state index in [0.29, 0.717) is 18.4 Å². The van der Waals surface area contributed by atoms with Gasteiger partial charge in [0.05, 0.1) is 24.3 Å². The second kappa shape index (κ2) is 13.1. The van der Waals surface area contributed by atoms with Crippen LogP contribution in [0.1, 0.15) is 90.7 Å². The molecule has 0 aliphatic carbocycles. The highest BCUT2D eigenvalue weighted by molar-refractivity contribution is 5.68. The molecule has 1 atom stereocenters. The molecule has 0 spiro atoms. The normalized spacial score (nSPS) is 14.0. The molecule has 0 bridgehead atoms. The number of halogens is 3. The Labute approximate surface area is 196 Å². The van der Waals surface area contributed by atoms with E-state index < -0.39 is 29.0 Å². The van der Waals surface area contributed by atoms with Gasteiger partial charge in [-0.3, -0.25) is 0 Å². The first-order chi connectivity index (χ1) is 15.4. The maximum Gasteiger partial charge on any atom is 0.419 e. The van der Waals surface area contributed by atoms with Crippen LogP contribution >= 0.6 is 0 Å². The molecule has 0 aromatic heterocycles. The van der Waals surface area contributed by atoms with Crippen LogP contribution in [0.2, 0.25) is 0 Å². The number of aliphatic hydroxyl groups excluding tert-OH is 1. The molecule has 0 heterocycles. The van der Waals surface area contributed by atoms with Crippen molar-refractivity contribution in [2.45, 2.75) is 103 Å². The van der Waals surface area contributed by atoms with Crippen molar-refractivity contribution < 1.29 is 32.5 Å². The molecule has 0 aliphatic rings. The lowest BCUT2D eigenvalue weighted by Gasteiger charge is -2.33. The van der Waals surface area contributed by atoms with E-state index in [1.807, 2.05) is 0 Å². The number of aryl methyl sites for hydroxylation is 1. The van der Waals surface area contributed by atoms with Crippen LogP contribution < -0.4 is 10.1 Å². The SMILES string of the molecule is CCCCCCCOc1ccc(CCC(CC)(CO)NC(=O)OC(C)(C)C)cc1C(F)(F)F. The number of benzene rings is 1. The van der Waals surface area contributed by atoms with Gasteiger partial charge in [-0.2, -0.15) is 13.2 Å². The Hall–Kier alpha value is -1.96. The highest BCUT2D eigenvalue weighted by Gasteiger charge is 2.35. The van der Waals surface area contributed by atoms with Crippen molar-refractivity contribution in [3.63, 3.8) is 0 Å². The first-order valence-electron chi connectivity index (χ1n) is 11.8. The summed E-state index contributed by atoms with van der Waals surface area (Å²) in [6.07, 6.45) is 0.586. The largest absolute Gasteiger partial charge is 0.493 e. The summed E-state index contributed by atoms with van der Waals surface area (Å²) in [6, 6.07) is 4.06. The van der Waals surface area contributed by atoms with Crippen LogP contribution in [0.5, 0.6) is 5.75 Å². The van der Waals surface area contributed by atoms with Crippen LogP contribution in [0.4, 0.5) is 18.0 Å². The zero-order valence-corrected chi connectivity index (χ0v) is 20.6. The average molecular weight is 476 g/mol. The average Bonchev–Trinajstić information content (AvgIpc) is 2.72. The van der Waals surface area contributed by atoms with Crippen molar-refractivity contribution in [2.75, 3.05) is 13.2 Å². The molecule has 1 rings (SSSR count). The van der Waals surface area contributed by atoms with Crippen molar-refractivity contribution in [1.82, 2.24) is 5.32 Å². The number of carbonyl (C=O) groups excluding carboxylic acids is 1. The van der Waals surface area contributed by atoms with Crippen molar-refractivity contribution in [2.24, 2.45) is 0 Å². The fourth-order valence-electron chi connectivity index (χ4n) is 3.43. The molecule has 0 aliphatic heterocycles. The number of amides is 1. The molecule has 1 aromatic carbocycles. The topological polar surface area (TPSA) is 67.8 Å². The number of ether oxygens (including phenoxy) is 2. The Kier molecular flexibility index (Phi) is 11.5. The smallest absolute Gasteiger partial charge is 0.419 e. The number of nitrogens with one attached hydrogen (secondary N) is 1. The van der Waals surface area contributed by atoms with Crippen molar-refractivity contribution in [1.29, 1.82) is 0 Å². The number of aliphatic hydroxyl groups is 1. The van der Waals surface area contributed by atoms with E-state index in [0.717, 1.165) is 31.7 Å². The Balaban J connectivity index is 2.87. The highest BCUT2D eigenvalue weighted by Crippen LogP contribution is 2.37. The third-order valence-electron chi connectivity index (χ3n) is 5.49. The fraction of sp³-hybridized carbons (Fsp3) is 0.720. The Morgan fingerprint density at radius 3 is 2.27 bits per heavy atom. The van der Waals surface area contributed by atoms with Crippen LogP contribution in [0.3, 0.4) is 0 Å². The number of alkyl carbamates (subject to hydrolysis) is 1. The van der Waals surface area contributed by atoms with Gasteiger partial charge in [0, 0.05) is 0 Å². The van der Waals surface area contributed by atoms with Gasteiger partial charge in [0.1, 0.15) is 11.4 Å². The van der Waals surface area contributed by atoms with Crippen LogP contribution in [-0.2, 0) is 17.3 Å². The van der Waals surface area contributed by atoms with Crippen molar-refractivity contribution in [3.05, 3.63) is 29.3 Å². The predicted molar refractivity (Wildman–Crippen MR) is 123 cm³/mol. The van der Waals surface area contributed by atoms with Gasteiger partial charge in [-0.25, -0.2) is 4.79 Å². The predicted octanol–water partition coefficient (Wildman–Crippen LogP) is 6.65. The van der Waals surface area contributed by atoms with Gasteiger partial charge in [0.15, 0.2) is 0 Å². The van der Waals surface area contributed by atoms with Gasteiger partial charge in [-0.15, -0.1) is 0 Å². The van der Waals surface area contributed by atoms with E-state index in [-0.39, 0.29) is 31.8 Å². The summed E-state index contributed by atoms with van der Waals surface area (Å²) in [6.45, 7) is 8.98. The molecule has 1 unspecified atom stereocenters. The lowest BCUT2D eigenvalue weighted by Crippen LogP contribution is -2.52. The lowest BCUT2D eigenvalue weighted by molar-refractivity contribution is -0.139. The third-order valence-corrected chi connectivity index (χ3v) is 5.49. The monoisotopic (exact) mass is 475 g/mol. The van der Waals surface area contributed by atoms with Crippen LogP contribution in [0.25, 0.3) is 0 Å². The number of alkyl halides is 3. The summed E-state index contributed by atoms with van der Waals surface area (Å²) in [5, 5.41) is 12.6. The minimum absolute atomic E-state index is 0.169. The number of unbranched alkanes of at least 4 members (excludes halogenated alkanes) is 4. The lowest BCUT2D eigenvalue weighted by atomic mass is 9.89. The van der Waals surface area contributed by atoms with Crippen LogP contribution in [-0.4, -0.2) is 35.6 Å². The van der Waals surface area contributed by atoms with Crippen molar-refractivity contribution in [3.8, 4) is 5.75 Å². The molecule has 5 nitrogen and oxygen atoms in total.